The fraction of sp³-hybridized carbons (Fsp3) is 0.500. The maximum Gasteiger partial charge on any atom is 0.287 e. The van der Waals surface area contributed by atoms with Gasteiger partial charge in [0.2, 0.25) is 0 Å². The van der Waals surface area contributed by atoms with E-state index in [0.29, 0.717) is 18.1 Å². The van der Waals surface area contributed by atoms with Crippen LogP contribution < -0.4 is 5.32 Å². The van der Waals surface area contributed by atoms with E-state index in [-0.39, 0.29) is 5.91 Å². The summed E-state index contributed by atoms with van der Waals surface area (Å²) in [5.74, 6) is 2.42. The number of rotatable bonds is 5. The molecule has 0 bridgehead atoms. The van der Waals surface area contributed by atoms with Crippen LogP contribution in [0.25, 0.3) is 0 Å². The third-order valence-electron chi connectivity index (χ3n) is 4.19. The Morgan fingerprint density at radius 2 is 2.19 bits per heavy atom. The summed E-state index contributed by atoms with van der Waals surface area (Å²) in [6, 6.07) is 3.56. The Bertz CT molecular complexity index is 618. The van der Waals surface area contributed by atoms with E-state index in [1.165, 1.54) is 19.3 Å². The van der Waals surface area contributed by atoms with Crippen LogP contribution in [-0.4, -0.2) is 17.6 Å². The molecule has 0 unspecified atom stereocenters. The summed E-state index contributed by atoms with van der Waals surface area (Å²) >= 11 is 0. The highest BCUT2D eigenvalue weighted by atomic mass is 16.5. The number of hydrogen-bond acceptors (Lipinski definition) is 4. The quantitative estimate of drug-likeness (QED) is 0.918. The number of nitrogens with one attached hydrogen (secondary N) is 1. The molecule has 112 valence electrons. The summed E-state index contributed by atoms with van der Waals surface area (Å²) in [6.07, 6.45) is 4.31. The van der Waals surface area contributed by atoms with E-state index in [1.807, 2.05) is 19.9 Å². The van der Waals surface area contributed by atoms with E-state index in [1.54, 1.807) is 6.07 Å². The van der Waals surface area contributed by atoms with Crippen molar-refractivity contribution in [2.45, 2.75) is 39.5 Å². The molecule has 0 saturated heterocycles. The maximum atomic E-state index is 12.0. The number of hydrogen-bond donors (Lipinski definition) is 1. The van der Waals surface area contributed by atoms with Crippen molar-refractivity contribution in [2.24, 2.45) is 5.92 Å². The van der Waals surface area contributed by atoms with E-state index in [4.69, 9.17) is 8.94 Å². The molecule has 1 saturated carbocycles. The van der Waals surface area contributed by atoms with Crippen LogP contribution in [-0.2, 0) is 6.42 Å². The monoisotopic (exact) mass is 288 g/mol. The first-order valence-corrected chi connectivity index (χ1v) is 7.42. The number of carbonyl (C=O) groups is 1. The van der Waals surface area contributed by atoms with Gasteiger partial charge in [-0.3, -0.25) is 4.79 Å². The Hall–Kier alpha value is -2.04. The second kappa shape index (κ2) is 5.76. The number of carbonyl (C=O) groups excluding carboxylic acids is 1. The molecule has 1 aliphatic rings. The van der Waals surface area contributed by atoms with E-state index in [2.05, 4.69) is 10.5 Å². The number of amides is 1. The molecule has 5 nitrogen and oxygen atoms in total. The highest BCUT2D eigenvalue weighted by molar-refractivity contribution is 5.91. The third-order valence-corrected chi connectivity index (χ3v) is 4.19. The highest BCUT2D eigenvalue weighted by Crippen LogP contribution is 2.25. The van der Waals surface area contributed by atoms with Crippen molar-refractivity contribution in [3.63, 3.8) is 0 Å². The summed E-state index contributed by atoms with van der Waals surface area (Å²) in [5, 5.41) is 6.86. The number of aromatic nitrogens is 1. The van der Waals surface area contributed by atoms with E-state index < -0.39 is 0 Å². The second-order valence-corrected chi connectivity index (χ2v) is 5.75. The molecule has 0 spiro atoms. The molecule has 0 radical (unpaired) electrons. The Kier molecular flexibility index (Phi) is 3.82. The molecule has 2 aromatic heterocycles. The van der Waals surface area contributed by atoms with E-state index in [9.17, 15) is 4.79 Å². The van der Waals surface area contributed by atoms with Gasteiger partial charge in [0.25, 0.3) is 5.91 Å². The van der Waals surface area contributed by atoms with Gasteiger partial charge in [0.1, 0.15) is 11.5 Å². The van der Waals surface area contributed by atoms with Crippen LogP contribution in [0.3, 0.4) is 0 Å². The van der Waals surface area contributed by atoms with Crippen molar-refractivity contribution in [2.75, 3.05) is 6.54 Å². The van der Waals surface area contributed by atoms with Crippen molar-refractivity contribution in [3.05, 3.63) is 40.7 Å². The van der Waals surface area contributed by atoms with Crippen molar-refractivity contribution < 1.29 is 13.7 Å². The lowest BCUT2D eigenvalue weighted by Gasteiger charge is -2.25. The van der Waals surface area contributed by atoms with Crippen LogP contribution in [0.1, 0.15) is 52.6 Å². The fourth-order valence-electron chi connectivity index (χ4n) is 2.54. The first-order valence-electron chi connectivity index (χ1n) is 7.42. The van der Waals surface area contributed by atoms with Crippen LogP contribution >= 0.6 is 0 Å². The normalized spacial score (nSPS) is 15.0. The molecule has 0 atom stereocenters. The molecule has 0 aliphatic heterocycles. The van der Waals surface area contributed by atoms with Gasteiger partial charge in [0.05, 0.1) is 5.69 Å². The van der Waals surface area contributed by atoms with Gasteiger partial charge in [0.15, 0.2) is 5.76 Å². The predicted octanol–water partition coefficient (Wildman–Crippen LogP) is 3.01. The van der Waals surface area contributed by atoms with Crippen molar-refractivity contribution in [1.82, 2.24) is 10.5 Å². The lowest BCUT2D eigenvalue weighted by molar-refractivity contribution is 0.0909. The first-order chi connectivity index (χ1) is 10.1. The minimum atomic E-state index is -0.132. The summed E-state index contributed by atoms with van der Waals surface area (Å²) in [7, 11) is 0. The molecule has 2 aromatic rings. The molecule has 1 N–H and O–H groups in total. The average Bonchev–Trinajstić information content (AvgIpc) is 2.99. The third kappa shape index (κ3) is 3.01. The number of nitrogens with zero attached hydrogens (tertiary/aromatic N) is 1. The van der Waals surface area contributed by atoms with Crippen molar-refractivity contribution in [3.8, 4) is 0 Å². The number of aryl methyl sites for hydroxylation is 2. The van der Waals surface area contributed by atoms with Crippen LogP contribution in [0.4, 0.5) is 0 Å². The molecule has 3 rings (SSSR count). The van der Waals surface area contributed by atoms with Gasteiger partial charge in [-0.25, -0.2) is 0 Å². The van der Waals surface area contributed by atoms with E-state index >= 15 is 0 Å². The Morgan fingerprint density at radius 3 is 2.81 bits per heavy atom. The molecule has 1 fully saturated rings. The second-order valence-electron chi connectivity index (χ2n) is 5.75. The van der Waals surface area contributed by atoms with Gasteiger partial charge < -0.3 is 14.3 Å². The Labute approximate surface area is 123 Å². The average molecular weight is 288 g/mol. The number of furan rings is 1. The molecule has 2 heterocycles. The topological polar surface area (TPSA) is 68.3 Å². The van der Waals surface area contributed by atoms with Crippen LogP contribution in [0, 0.1) is 19.8 Å². The van der Waals surface area contributed by atoms with Crippen molar-refractivity contribution in [1.29, 1.82) is 0 Å². The molecular weight excluding hydrogens is 268 g/mol. The van der Waals surface area contributed by atoms with Gasteiger partial charge in [0, 0.05) is 18.5 Å². The van der Waals surface area contributed by atoms with Gasteiger partial charge in [-0.2, -0.15) is 0 Å². The minimum Gasteiger partial charge on any atom is -0.456 e. The van der Waals surface area contributed by atoms with Crippen molar-refractivity contribution >= 4 is 5.91 Å². The minimum absolute atomic E-state index is 0.132. The smallest absolute Gasteiger partial charge is 0.287 e. The first kappa shape index (κ1) is 13.9. The maximum absolute atomic E-state index is 12.0. The zero-order valence-electron chi connectivity index (χ0n) is 12.4. The molecule has 1 aliphatic carbocycles. The summed E-state index contributed by atoms with van der Waals surface area (Å²) < 4.78 is 10.8. The lowest BCUT2D eigenvalue weighted by atomic mass is 9.85. The zero-order chi connectivity index (χ0) is 14.8. The van der Waals surface area contributed by atoms with Gasteiger partial charge >= 0.3 is 0 Å². The zero-order valence-corrected chi connectivity index (χ0v) is 12.4. The standard InChI is InChI=1S/C16H20N2O3/c1-10-14(11(2)21-18-10)8-13-6-7-15(20-13)16(19)17-9-12-4-3-5-12/h6-7,12H,3-5,8-9H2,1-2H3,(H,17,19). The lowest BCUT2D eigenvalue weighted by Crippen LogP contribution is -2.31. The largest absolute Gasteiger partial charge is 0.456 e. The predicted molar refractivity (Wildman–Crippen MR) is 77.2 cm³/mol. The van der Waals surface area contributed by atoms with E-state index in [0.717, 1.165) is 29.3 Å². The SMILES string of the molecule is Cc1noc(C)c1Cc1ccc(C(=O)NCC2CCC2)o1. The molecule has 0 aromatic carbocycles. The summed E-state index contributed by atoms with van der Waals surface area (Å²) in [4.78, 5) is 12.0. The molecular formula is C16H20N2O3. The molecule has 21 heavy (non-hydrogen) atoms. The summed E-state index contributed by atoms with van der Waals surface area (Å²) in [6.45, 7) is 4.53. The van der Waals surface area contributed by atoms with Crippen LogP contribution in [0.2, 0.25) is 0 Å². The van der Waals surface area contributed by atoms with Gasteiger partial charge in [-0.15, -0.1) is 0 Å². The molecule has 5 heteroatoms. The Morgan fingerprint density at radius 1 is 1.38 bits per heavy atom. The highest BCUT2D eigenvalue weighted by Gasteiger charge is 2.20. The summed E-state index contributed by atoms with van der Waals surface area (Å²) in [5.41, 5.74) is 1.88. The van der Waals surface area contributed by atoms with Crippen LogP contribution in [0.5, 0.6) is 0 Å². The van der Waals surface area contributed by atoms with Gasteiger partial charge in [-0.1, -0.05) is 11.6 Å². The fourth-order valence-corrected chi connectivity index (χ4v) is 2.54. The van der Waals surface area contributed by atoms with Gasteiger partial charge in [-0.05, 0) is 44.7 Å². The Balaban J connectivity index is 1.61. The van der Waals surface area contributed by atoms with Crippen LogP contribution in [0.15, 0.2) is 21.1 Å². The molecule has 1 amide bonds.